The van der Waals surface area contributed by atoms with E-state index in [1.165, 1.54) is 16.8 Å². The Morgan fingerprint density at radius 1 is 0.938 bits per heavy atom. The Kier molecular flexibility index (Phi) is 4.84. The van der Waals surface area contributed by atoms with Gasteiger partial charge in [0.2, 0.25) is 0 Å². The van der Waals surface area contributed by atoms with Crippen molar-refractivity contribution < 1.29 is 4.79 Å². The molecule has 0 atom stereocenters. The summed E-state index contributed by atoms with van der Waals surface area (Å²) >= 11 is 0. The third-order valence-corrected chi connectivity index (χ3v) is 5.09. The molecule has 0 unspecified atom stereocenters. The minimum Gasteiger partial charge on any atom is -0.338 e. The van der Waals surface area contributed by atoms with Gasteiger partial charge < -0.3 is 10.3 Å². The molecule has 156 valence electrons. The molecular formula is C25H19N5O2. The maximum atomic E-state index is 12.7. The van der Waals surface area contributed by atoms with Gasteiger partial charge in [-0.15, -0.1) is 0 Å². The standard InChI is InChI=1S/C25H19N5O2/c1-16-7-12-20-22(15-16)28-24(27-20)17-8-10-18(11-9-17)26-25(32)21-13-14-23(31)30(29-21)19-5-3-2-4-6-19/h2-15H,1H3,(H,26,32)(H,27,28). The largest absolute Gasteiger partial charge is 0.338 e. The summed E-state index contributed by atoms with van der Waals surface area (Å²) < 4.78 is 1.21. The van der Waals surface area contributed by atoms with Crippen molar-refractivity contribution in [3.05, 3.63) is 107 Å². The lowest BCUT2D eigenvalue weighted by Crippen LogP contribution is -2.24. The van der Waals surface area contributed by atoms with Gasteiger partial charge in [-0.05, 0) is 67.1 Å². The number of H-pyrrole nitrogens is 1. The van der Waals surface area contributed by atoms with E-state index in [0.717, 1.165) is 28.0 Å². The zero-order valence-corrected chi connectivity index (χ0v) is 17.2. The molecule has 32 heavy (non-hydrogen) atoms. The number of nitrogens with zero attached hydrogens (tertiary/aromatic N) is 3. The van der Waals surface area contributed by atoms with Crippen molar-refractivity contribution in [2.75, 3.05) is 5.32 Å². The van der Waals surface area contributed by atoms with Gasteiger partial charge in [0.1, 0.15) is 11.5 Å². The van der Waals surface area contributed by atoms with Crippen LogP contribution in [0, 0.1) is 6.92 Å². The van der Waals surface area contributed by atoms with Crippen molar-refractivity contribution in [3.63, 3.8) is 0 Å². The normalized spacial score (nSPS) is 10.9. The highest BCUT2D eigenvalue weighted by Gasteiger charge is 2.12. The number of aromatic nitrogens is 4. The molecule has 0 aliphatic rings. The van der Waals surface area contributed by atoms with Gasteiger partial charge in [-0.25, -0.2) is 4.98 Å². The number of imidazole rings is 1. The van der Waals surface area contributed by atoms with Crippen LogP contribution in [0.4, 0.5) is 5.69 Å². The van der Waals surface area contributed by atoms with Crippen molar-refractivity contribution in [2.24, 2.45) is 0 Å². The number of nitrogens with one attached hydrogen (secondary N) is 2. The van der Waals surface area contributed by atoms with E-state index in [1.54, 1.807) is 36.4 Å². The van der Waals surface area contributed by atoms with E-state index in [9.17, 15) is 9.59 Å². The number of hydrogen-bond acceptors (Lipinski definition) is 4. The Hall–Kier alpha value is -4.52. The molecule has 5 rings (SSSR count). The molecular weight excluding hydrogens is 402 g/mol. The van der Waals surface area contributed by atoms with E-state index < -0.39 is 5.91 Å². The number of para-hydroxylation sites is 1. The van der Waals surface area contributed by atoms with Gasteiger partial charge >= 0.3 is 0 Å². The summed E-state index contributed by atoms with van der Waals surface area (Å²) in [5, 5.41) is 7.03. The summed E-state index contributed by atoms with van der Waals surface area (Å²) in [7, 11) is 0. The number of benzene rings is 3. The van der Waals surface area contributed by atoms with Crippen LogP contribution in [0.1, 0.15) is 16.1 Å². The molecule has 0 spiro atoms. The van der Waals surface area contributed by atoms with E-state index in [0.29, 0.717) is 11.4 Å². The summed E-state index contributed by atoms with van der Waals surface area (Å²) in [5.74, 6) is 0.363. The van der Waals surface area contributed by atoms with E-state index >= 15 is 0 Å². The van der Waals surface area contributed by atoms with Crippen LogP contribution in [0.25, 0.3) is 28.1 Å². The Labute approximate surface area is 183 Å². The lowest BCUT2D eigenvalue weighted by molar-refractivity contribution is 0.102. The first kappa shape index (κ1) is 19.4. The van der Waals surface area contributed by atoms with Crippen molar-refractivity contribution >= 4 is 22.6 Å². The van der Waals surface area contributed by atoms with E-state index in [4.69, 9.17) is 0 Å². The highest BCUT2D eigenvalue weighted by atomic mass is 16.2. The first-order chi connectivity index (χ1) is 15.6. The van der Waals surface area contributed by atoms with Crippen LogP contribution in [0.15, 0.2) is 89.7 Å². The number of hydrogen-bond donors (Lipinski definition) is 2. The van der Waals surface area contributed by atoms with Crippen LogP contribution < -0.4 is 10.9 Å². The van der Waals surface area contributed by atoms with E-state index in [-0.39, 0.29) is 11.3 Å². The number of amides is 1. The van der Waals surface area contributed by atoms with Gasteiger partial charge in [0.25, 0.3) is 11.5 Å². The smallest absolute Gasteiger partial charge is 0.276 e. The molecule has 0 saturated carbocycles. The van der Waals surface area contributed by atoms with Gasteiger partial charge in [-0.2, -0.15) is 9.78 Å². The molecule has 0 aliphatic carbocycles. The molecule has 0 bridgehead atoms. The fourth-order valence-corrected chi connectivity index (χ4v) is 3.45. The van der Waals surface area contributed by atoms with Crippen LogP contribution >= 0.6 is 0 Å². The monoisotopic (exact) mass is 421 g/mol. The Morgan fingerprint density at radius 3 is 2.50 bits per heavy atom. The summed E-state index contributed by atoms with van der Waals surface area (Å²) in [6, 6.07) is 25.2. The summed E-state index contributed by atoms with van der Waals surface area (Å²) in [6.07, 6.45) is 0. The molecule has 7 heteroatoms. The lowest BCUT2D eigenvalue weighted by atomic mass is 10.2. The minimum absolute atomic E-state index is 0.144. The number of aryl methyl sites for hydroxylation is 1. The molecule has 2 aromatic heterocycles. The van der Waals surface area contributed by atoms with Gasteiger partial charge in [0.15, 0.2) is 0 Å². The SMILES string of the molecule is Cc1ccc2nc(-c3ccc(NC(=O)c4ccc(=O)n(-c5ccccc5)n4)cc3)[nH]c2c1. The zero-order chi connectivity index (χ0) is 22.1. The Bertz CT molecular complexity index is 1480. The van der Waals surface area contributed by atoms with Gasteiger partial charge in [0, 0.05) is 17.3 Å². The van der Waals surface area contributed by atoms with Crippen LogP contribution in [0.3, 0.4) is 0 Å². The number of fused-ring (bicyclic) bond motifs is 1. The first-order valence-corrected chi connectivity index (χ1v) is 10.1. The maximum Gasteiger partial charge on any atom is 0.276 e. The number of carbonyl (C=O) groups is 1. The molecule has 2 heterocycles. The summed E-state index contributed by atoms with van der Waals surface area (Å²) in [5.41, 5.74) is 5.01. The van der Waals surface area contributed by atoms with E-state index in [2.05, 4.69) is 26.4 Å². The number of rotatable bonds is 4. The predicted molar refractivity (Wildman–Crippen MR) is 124 cm³/mol. The molecule has 0 aliphatic heterocycles. The topological polar surface area (TPSA) is 92.7 Å². The van der Waals surface area contributed by atoms with Gasteiger partial charge in [0.05, 0.1) is 16.7 Å². The van der Waals surface area contributed by atoms with Gasteiger partial charge in [-0.3, -0.25) is 9.59 Å². The number of carbonyl (C=O) groups excluding carboxylic acids is 1. The fraction of sp³-hybridized carbons (Fsp3) is 0.0400. The molecule has 3 aromatic carbocycles. The van der Waals surface area contributed by atoms with Crippen LogP contribution in [-0.2, 0) is 0 Å². The van der Waals surface area contributed by atoms with Crippen LogP contribution in [-0.4, -0.2) is 25.7 Å². The predicted octanol–water partition coefficient (Wildman–Crippen LogP) is 4.34. The first-order valence-electron chi connectivity index (χ1n) is 10.1. The maximum absolute atomic E-state index is 12.7. The van der Waals surface area contributed by atoms with Crippen molar-refractivity contribution in [3.8, 4) is 17.1 Å². The highest BCUT2D eigenvalue weighted by molar-refractivity contribution is 6.02. The lowest BCUT2D eigenvalue weighted by Gasteiger charge is -2.08. The zero-order valence-electron chi connectivity index (χ0n) is 17.2. The minimum atomic E-state index is -0.401. The molecule has 1 amide bonds. The van der Waals surface area contributed by atoms with E-state index in [1.807, 2.05) is 37.3 Å². The number of aromatic amines is 1. The van der Waals surface area contributed by atoms with Crippen molar-refractivity contribution in [2.45, 2.75) is 6.92 Å². The highest BCUT2D eigenvalue weighted by Crippen LogP contribution is 2.23. The quantitative estimate of drug-likeness (QED) is 0.452. The second-order valence-corrected chi connectivity index (χ2v) is 7.44. The van der Waals surface area contributed by atoms with Crippen LogP contribution in [0.2, 0.25) is 0 Å². The second-order valence-electron chi connectivity index (χ2n) is 7.44. The number of anilines is 1. The molecule has 2 N–H and O–H groups in total. The van der Waals surface area contributed by atoms with Crippen LogP contribution in [0.5, 0.6) is 0 Å². The average molecular weight is 421 g/mol. The third kappa shape index (κ3) is 3.79. The van der Waals surface area contributed by atoms with Crippen molar-refractivity contribution in [1.82, 2.24) is 19.7 Å². The third-order valence-electron chi connectivity index (χ3n) is 5.09. The molecule has 7 nitrogen and oxygen atoms in total. The molecule has 0 fully saturated rings. The molecule has 5 aromatic rings. The molecule has 0 radical (unpaired) electrons. The summed E-state index contributed by atoms with van der Waals surface area (Å²) in [4.78, 5) is 32.8. The second kappa shape index (κ2) is 7.96. The molecule has 0 saturated heterocycles. The van der Waals surface area contributed by atoms with Gasteiger partial charge in [-0.1, -0.05) is 24.3 Å². The Balaban J connectivity index is 1.36. The fourth-order valence-electron chi connectivity index (χ4n) is 3.45. The van der Waals surface area contributed by atoms with Crippen molar-refractivity contribution in [1.29, 1.82) is 0 Å². The Morgan fingerprint density at radius 2 is 1.72 bits per heavy atom. The average Bonchev–Trinajstić information content (AvgIpc) is 3.23. The summed E-state index contributed by atoms with van der Waals surface area (Å²) in [6.45, 7) is 2.04.